The molecule has 1 N–H and O–H groups in total. The summed E-state index contributed by atoms with van der Waals surface area (Å²) in [5, 5.41) is 2.89. The Bertz CT molecular complexity index is 993. The molecule has 4 nitrogen and oxygen atoms in total. The monoisotopic (exact) mass is 359 g/mol. The van der Waals surface area contributed by atoms with Gasteiger partial charge < -0.3 is 9.72 Å². The number of nitrogens with one attached hydrogen (secondary N) is 1. The topological polar surface area (TPSA) is 46.4 Å². The number of fused-ring (bicyclic) bond motifs is 1. The minimum absolute atomic E-state index is 0.104. The van der Waals surface area contributed by atoms with E-state index >= 15 is 0 Å². The minimum Gasteiger partial charge on any atom is -0.322 e. The number of hydrogen-bond donors (Lipinski definition) is 1. The Kier molecular flexibility index (Phi) is 4.71. The first-order valence-corrected chi connectivity index (χ1v) is 9.28. The summed E-state index contributed by atoms with van der Waals surface area (Å²) in [6.45, 7) is 0. The van der Waals surface area contributed by atoms with Crippen molar-refractivity contribution in [2.24, 2.45) is 0 Å². The second kappa shape index (κ2) is 7.45. The highest BCUT2D eigenvalue weighted by Gasteiger charge is 2.07. The Labute approximate surface area is 155 Å². The normalized spacial score (nSPS) is 10.8. The molecule has 0 unspecified atom stereocenters. The molecule has 0 spiro atoms. The van der Waals surface area contributed by atoms with Crippen LogP contribution in [-0.2, 0) is 5.75 Å². The number of para-hydroxylation sites is 1. The first kappa shape index (κ1) is 16.4. The number of thioether (sulfide) groups is 1. The van der Waals surface area contributed by atoms with Gasteiger partial charge in [0.25, 0.3) is 5.91 Å². The Morgan fingerprint density at radius 2 is 1.73 bits per heavy atom. The molecule has 0 radical (unpaired) electrons. The number of amides is 1. The molecule has 4 rings (SSSR count). The van der Waals surface area contributed by atoms with Gasteiger partial charge in [-0.15, -0.1) is 11.8 Å². The Morgan fingerprint density at radius 1 is 0.962 bits per heavy atom. The third-order valence-electron chi connectivity index (χ3n) is 3.95. The van der Waals surface area contributed by atoms with Crippen molar-refractivity contribution >= 4 is 29.0 Å². The lowest BCUT2D eigenvalue weighted by Crippen LogP contribution is -2.11. The van der Waals surface area contributed by atoms with Crippen LogP contribution in [0.15, 0.2) is 90.1 Å². The number of aromatic nitrogens is 2. The number of imidazole rings is 1. The maximum Gasteiger partial charge on any atom is 0.255 e. The van der Waals surface area contributed by atoms with E-state index in [1.54, 1.807) is 11.8 Å². The van der Waals surface area contributed by atoms with E-state index in [1.165, 1.54) is 0 Å². The van der Waals surface area contributed by atoms with Crippen molar-refractivity contribution < 1.29 is 4.79 Å². The number of carbonyl (C=O) groups excluding carboxylic acids is 1. The van der Waals surface area contributed by atoms with Crippen LogP contribution in [0.25, 0.3) is 5.65 Å². The van der Waals surface area contributed by atoms with Crippen molar-refractivity contribution in [2.75, 3.05) is 5.32 Å². The van der Waals surface area contributed by atoms with Crippen LogP contribution in [0.3, 0.4) is 0 Å². The molecule has 0 atom stereocenters. The van der Waals surface area contributed by atoms with Gasteiger partial charge in [-0.05, 0) is 48.5 Å². The number of anilines is 1. The molecule has 0 bridgehead atoms. The fourth-order valence-electron chi connectivity index (χ4n) is 2.64. The lowest BCUT2D eigenvalue weighted by Gasteiger charge is -2.06. The first-order chi connectivity index (χ1) is 12.8. The third-order valence-corrected chi connectivity index (χ3v) is 4.99. The van der Waals surface area contributed by atoms with Crippen LogP contribution in [-0.4, -0.2) is 15.3 Å². The maximum atomic E-state index is 12.3. The molecule has 0 aliphatic heterocycles. The number of rotatable bonds is 5. The highest BCUT2D eigenvalue weighted by molar-refractivity contribution is 7.98. The maximum absolute atomic E-state index is 12.3. The second-order valence-electron chi connectivity index (χ2n) is 5.83. The number of carbonyl (C=O) groups is 1. The molecule has 5 heteroatoms. The zero-order valence-electron chi connectivity index (χ0n) is 14.0. The molecule has 2 aromatic carbocycles. The molecule has 4 aromatic rings. The Morgan fingerprint density at radius 3 is 2.50 bits per heavy atom. The van der Waals surface area contributed by atoms with E-state index in [2.05, 4.69) is 10.3 Å². The molecule has 0 aliphatic rings. The van der Waals surface area contributed by atoms with Crippen LogP contribution in [0.4, 0.5) is 5.69 Å². The van der Waals surface area contributed by atoms with E-state index in [9.17, 15) is 4.79 Å². The molecule has 2 aromatic heterocycles. The van der Waals surface area contributed by atoms with Crippen molar-refractivity contribution in [3.8, 4) is 0 Å². The molecule has 0 aliphatic carbocycles. The fourth-order valence-corrected chi connectivity index (χ4v) is 3.42. The first-order valence-electron chi connectivity index (χ1n) is 8.30. The quantitative estimate of drug-likeness (QED) is 0.517. The number of hydrogen-bond acceptors (Lipinski definition) is 3. The van der Waals surface area contributed by atoms with Crippen molar-refractivity contribution in [3.63, 3.8) is 0 Å². The summed E-state index contributed by atoms with van der Waals surface area (Å²) in [4.78, 5) is 18.0. The van der Waals surface area contributed by atoms with Crippen LogP contribution in [0.2, 0.25) is 0 Å². The van der Waals surface area contributed by atoms with E-state index in [1.807, 2.05) is 89.6 Å². The highest BCUT2D eigenvalue weighted by Crippen LogP contribution is 2.23. The molecular formula is C21H17N3OS. The van der Waals surface area contributed by atoms with Crippen molar-refractivity contribution in [2.45, 2.75) is 10.6 Å². The van der Waals surface area contributed by atoms with Crippen LogP contribution < -0.4 is 5.32 Å². The summed E-state index contributed by atoms with van der Waals surface area (Å²) in [5.74, 6) is 0.685. The smallest absolute Gasteiger partial charge is 0.255 e. The Balaban J connectivity index is 1.38. The predicted molar refractivity (Wildman–Crippen MR) is 106 cm³/mol. The molecule has 1 amide bonds. The van der Waals surface area contributed by atoms with Gasteiger partial charge in [0.1, 0.15) is 5.65 Å². The van der Waals surface area contributed by atoms with E-state index in [0.717, 1.165) is 27.7 Å². The standard InChI is InChI=1S/C21H17N3OS/c25-21(23-17-6-2-1-3-7-17)16-9-11-19(12-10-16)26-15-18-14-24-13-5-4-8-20(24)22-18/h1-14H,15H2,(H,23,25). The number of nitrogens with zero attached hydrogens (tertiary/aromatic N) is 2. The van der Waals surface area contributed by atoms with E-state index < -0.39 is 0 Å². The van der Waals surface area contributed by atoms with Crippen molar-refractivity contribution in [3.05, 3.63) is 96.4 Å². The van der Waals surface area contributed by atoms with Gasteiger partial charge in [-0.25, -0.2) is 4.98 Å². The fraction of sp³-hybridized carbons (Fsp3) is 0.0476. The van der Waals surface area contributed by atoms with Gasteiger partial charge in [0.05, 0.1) is 5.69 Å². The summed E-state index contributed by atoms with van der Waals surface area (Å²) in [7, 11) is 0. The average Bonchev–Trinajstić information content (AvgIpc) is 3.10. The van der Waals surface area contributed by atoms with Crippen LogP contribution in [0, 0.1) is 0 Å². The summed E-state index contributed by atoms with van der Waals surface area (Å²) in [6.07, 6.45) is 4.04. The Hall–Kier alpha value is -3.05. The largest absolute Gasteiger partial charge is 0.322 e. The van der Waals surface area contributed by atoms with Gasteiger partial charge in [-0.2, -0.15) is 0 Å². The third kappa shape index (κ3) is 3.78. The van der Waals surface area contributed by atoms with Gasteiger partial charge in [0, 0.05) is 34.3 Å². The van der Waals surface area contributed by atoms with Gasteiger partial charge in [0.15, 0.2) is 0 Å². The van der Waals surface area contributed by atoms with Gasteiger partial charge in [-0.3, -0.25) is 4.79 Å². The number of benzene rings is 2. The van der Waals surface area contributed by atoms with Crippen molar-refractivity contribution in [1.82, 2.24) is 9.38 Å². The lowest BCUT2D eigenvalue weighted by atomic mass is 10.2. The molecule has 128 valence electrons. The minimum atomic E-state index is -0.104. The second-order valence-corrected chi connectivity index (χ2v) is 6.88. The molecule has 0 saturated carbocycles. The van der Waals surface area contributed by atoms with E-state index in [4.69, 9.17) is 0 Å². The molecule has 26 heavy (non-hydrogen) atoms. The summed E-state index contributed by atoms with van der Waals surface area (Å²) in [5.41, 5.74) is 3.43. The van der Waals surface area contributed by atoms with Crippen LogP contribution >= 0.6 is 11.8 Å². The van der Waals surface area contributed by atoms with Crippen LogP contribution in [0.1, 0.15) is 16.1 Å². The zero-order valence-corrected chi connectivity index (χ0v) is 14.8. The van der Waals surface area contributed by atoms with Crippen molar-refractivity contribution in [1.29, 1.82) is 0 Å². The summed E-state index contributed by atoms with van der Waals surface area (Å²) < 4.78 is 2.02. The van der Waals surface area contributed by atoms with Gasteiger partial charge in [0.2, 0.25) is 0 Å². The molecular weight excluding hydrogens is 342 g/mol. The summed E-state index contributed by atoms with van der Waals surface area (Å²) in [6, 6.07) is 23.1. The van der Waals surface area contributed by atoms with E-state index in [0.29, 0.717) is 5.56 Å². The lowest BCUT2D eigenvalue weighted by molar-refractivity contribution is 0.102. The SMILES string of the molecule is O=C(Nc1ccccc1)c1ccc(SCc2cn3ccccc3n2)cc1. The molecule has 0 saturated heterocycles. The van der Waals surface area contributed by atoms with Gasteiger partial charge >= 0.3 is 0 Å². The van der Waals surface area contributed by atoms with Gasteiger partial charge in [-0.1, -0.05) is 24.3 Å². The zero-order chi connectivity index (χ0) is 17.8. The molecule has 2 heterocycles. The average molecular weight is 359 g/mol. The summed E-state index contributed by atoms with van der Waals surface area (Å²) >= 11 is 1.71. The van der Waals surface area contributed by atoms with E-state index in [-0.39, 0.29) is 5.91 Å². The predicted octanol–water partition coefficient (Wildman–Crippen LogP) is 4.88. The van der Waals surface area contributed by atoms with Crippen LogP contribution in [0.5, 0.6) is 0 Å². The highest BCUT2D eigenvalue weighted by atomic mass is 32.2. The number of pyridine rings is 1. The molecule has 0 fully saturated rings.